The number of benzene rings is 1. The lowest BCUT2D eigenvalue weighted by atomic mass is 9.97. The molecule has 0 radical (unpaired) electrons. The van der Waals surface area contributed by atoms with Crippen molar-refractivity contribution in [2.45, 2.75) is 44.2 Å². The van der Waals surface area contributed by atoms with Crippen molar-refractivity contribution < 1.29 is 9.53 Å². The number of thiophene rings is 1. The SMILES string of the molecule is COc1ccc(-n2c(SCCC(C)=O)nc3sc4c(c3c2=O)CCCC4)cc1. The second-order valence-electron chi connectivity index (χ2n) is 6.92. The molecule has 5 nitrogen and oxygen atoms in total. The van der Waals surface area contributed by atoms with Gasteiger partial charge in [-0.2, -0.15) is 0 Å². The van der Waals surface area contributed by atoms with E-state index in [1.54, 1.807) is 29.9 Å². The van der Waals surface area contributed by atoms with Crippen LogP contribution in [0.3, 0.4) is 0 Å². The standard InChI is InChI=1S/C21H22N2O3S2/c1-13(24)11-12-27-21-22-19-18(16-5-3-4-6-17(16)28-19)20(25)23(21)14-7-9-15(26-2)10-8-14/h7-10H,3-6,11-12H2,1-2H3. The number of hydrogen-bond acceptors (Lipinski definition) is 6. The van der Waals surface area contributed by atoms with Gasteiger partial charge in [-0.1, -0.05) is 11.8 Å². The van der Waals surface area contributed by atoms with Crippen molar-refractivity contribution in [2.24, 2.45) is 0 Å². The van der Waals surface area contributed by atoms with Crippen LogP contribution in [0.4, 0.5) is 0 Å². The number of methoxy groups -OCH3 is 1. The van der Waals surface area contributed by atoms with Crippen LogP contribution in [0.5, 0.6) is 5.75 Å². The number of ether oxygens (including phenoxy) is 1. The molecule has 28 heavy (non-hydrogen) atoms. The quantitative estimate of drug-likeness (QED) is 0.442. The number of thioether (sulfide) groups is 1. The third-order valence-electron chi connectivity index (χ3n) is 4.97. The number of aromatic nitrogens is 2. The van der Waals surface area contributed by atoms with Crippen LogP contribution in [-0.2, 0) is 17.6 Å². The fourth-order valence-corrected chi connectivity index (χ4v) is 5.88. The molecule has 0 bridgehead atoms. The van der Waals surface area contributed by atoms with Gasteiger partial charge < -0.3 is 4.74 Å². The van der Waals surface area contributed by atoms with Gasteiger partial charge >= 0.3 is 0 Å². The van der Waals surface area contributed by atoms with E-state index < -0.39 is 0 Å². The number of carbonyl (C=O) groups excluding carboxylic acids is 1. The molecule has 1 aromatic carbocycles. The highest BCUT2D eigenvalue weighted by molar-refractivity contribution is 7.99. The minimum Gasteiger partial charge on any atom is -0.497 e. The molecule has 0 atom stereocenters. The minimum absolute atomic E-state index is 0.0140. The second-order valence-corrected chi connectivity index (χ2v) is 9.07. The van der Waals surface area contributed by atoms with E-state index in [0.29, 0.717) is 17.3 Å². The average Bonchev–Trinajstić information content (AvgIpc) is 3.06. The smallest absolute Gasteiger partial charge is 0.267 e. The summed E-state index contributed by atoms with van der Waals surface area (Å²) in [5, 5.41) is 1.41. The number of hydrogen-bond donors (Lipinski definition) is 0. The maximum Gasteiger partial charge on any atom is 0.267 e. The fourth-order valence-electron chi connectivity index (χ4n) is 3.53. The fraction of sp³-hybridized carbons (Fsp3) is 0.381. The number of Topliss-reactive ketones (excluding diaryl/α,β-unsaturated/α-hetero) is 1. The first kappa shape index (κ1) is 19.2. The number of fused-ring (bicyclic) bond motifs is 3. The Labute approximate surface area is 171 Å². The Hall–Kier alpha value is -2.12. The summed E-state index contributed by atoms with van der Waals surface area (Å²) >= 11 is 3.11. The zero-order valence-corrected chi connectivity index (χ0v) is 17.6. The Morgan fingerprint density at radius 3 is 2.71 bits per heavy atom. The molecule has 4 rings (SSSR count). The summed E-state index contributed by atoms with van der Waals surface area (Å²) in [6.07, 6.45) is 4.74. The van der Waals surface area contributed by atoms with E-state index >= 15 is 0 Å². The molecular formula is C21H22N2O3S2. The molecule has 2 aromatic heterocycles. The monoisotopic (exact) mass is 414 g/mol. The Bertz CT molecular complexity index is 1080. The van der Waals surface area contributed by atoms with Gasteiger partial charge in [0.1, 0.15) is 16.4 Å². The lowest BCUT2D eigenvalue weighted by molar-refractivity contribution is -0.116. The number of carbonyl (C=O) groups is 1. The van der Waals surface area contributed by atoms with Crippen molar-refractivity contribution in [3.05, 3.63) is 45.1 Å². The first-order valence-corrected chi connectivity index (χ1v) is 11.2. The molecule has 0 N–H and O–H groups in total. The van der Waals surface area contributed by atoms with E-state index in [-0.39, 0.29) is 11.3 Å². The van der Waals surface area contributed by atoms with Crippen molar-refractivity contribution >= 4 is 39.1 Å². The summed E-state index contributed by atoms with van der Waals surface area (Å²) in [5.41, 5.74) is 1.94. The van der Waals surface area contributed by atoms with Crippen molar-refractivity contribution in [3.63, 3.8) is 0 Å². The Morgan fingerprint density at radius 1 is 1.25 bits per heavy atom. The molecular weight excluding hydrogens is 392 g/mol. The molecule has 7 heteroatoms. The summed E-state index contributed by atoms with van der Waals surface area (Å²) in [5.74, 6) is 1.48. The van der Waals surface area contributed by atoms with Crippen LogP contribution < -0.4 is 10.3 Å². The van der Waals surface area contributed by atoms with E-state index in [1.807, 2.05) is 24.3 Å². The second kappa shape index (κ2) is 8.09. The lowest BCUT2D eigenvalue weighted by Gasteiger charge is -2.14. The molecule has 1 aliphatic carbocycles. The van der Waals surface area contributed by atoms with Crippen LogP contribution >= 0.6 is 23.1 Å². The van der Waals surface area contributed by atoms with Crippen LogP contribution in [0, 0.1) is 0 Å². The largest absolute Gasteiger partial charge is 0.497 e. The number of rotatable bonds is 6. The maximum absolute atomic E-state index is 13.6. The molecule has 0 spiro atoms. The van der Waals surface area contributed by atoms with Gasteiger partial charge in [0.15, 0.2) is 5.16 Å². The lowest BCUT2D eigenvalue weighted by Crippen LogP contribution is -2.22. The van der Waals surface area contributed by atoms with Crippen LogP contribution in [0.1, 0.15) is 36.6 Å². The molecule has 2 heterocycles. The van der Waals surface area contributed by atoms with Crippen molar-refractivity contribution in [1.29, 1.82) is 0 Å². The highest BCUT2D eigenvalue weighted by Gasteiger charge is 2.23. The van der Waals surface area contributed by atoms with Gasteiger partial charge in [-0.25, -0.2) is 4.98 Å². The molecule has 3 aromatic rings. The van der Waals surface area contributed by atoms with Crippen LogP contribution in [0.15, 0.2) is 34.2 Å². The molecule has 0 saturated carbocycles. The normalized spacial score (nSPS) is 13.5. The Kier molecular flexibility index (Phi) is 5.55. The summed E-state index contributed by atoms with van der Waals surface area (Å²) < 4.78 is 6.93. The third-order valence-corrected chi connectivity index (χ3v) is 7.10. The minimum atomic E-state index is -0.0140. The van der Waals surface area contributed by atoms with Crippen molar-refractivity contribution in [2.75, 3.05) is 12.9 Å². The predicted molar refractivity (Wildman–Crippen MR) is 114 cm³/mol. The van der Waals surface area contributed by atoms with Crippen LogP contribution in [-0.4, -0.2) is 28.2 Å². The number of nitrogens with zero attached hydrogens (tertiary/aromatic N) is 2. The number of aryl methyl sites for hydroxylation is 2. The maximum atomic E-state index is 13.6. The van der Waals surface area contributed by atoms with E-state index in [0.717, 1.165) is 40.9 Å². The molecule has 146 valence electrons. The molecule has 0 aliphatic heterocycles. The zero-order chi connectivity index (χ0) is 19.7. The predicted octanol–water partition coefficient (Wildman–Crippen LogP) is 4.41. The van der Waals surface area contributed by atoms with Gasteiger partial charge in [0.2, 0.25) is 0 Å². The number of ketones is 1. The van der Waals surface area contributed by atoms with Crippen LogP contribution in [0.2, 0.25) is 0 Å². The Balaban J connectivity index is 1.88. The summed E-state index contributed by atoms with van der Waals surface area (Å²) in [4.78, 5) is 31.9. The highest BCUT2D eigenvalue weighted by atomic mass is 32.2. The third kappa shape index (κ3) is 3.61. The van der Waals surface area contributed by atoms with E-state index in [1.165, 1.54) is 28.6 Å². The van der Waals surface area contributed by atoms with E-state index in [2.05, 4.69) is 0 Å². The summed E-state index contributed by atoms with van der Waals surface area (Å²) in [6, 6.07) is 7.45. The van der Waals surface area contributed by atoms with Gasteiger partial charge in [0, 0.05) is 17.1 Å². The topological polar surface area (TPSA) is 61.2 Å². The van der Waals surface area contributed by atoms with E-state index in [9.17, 15) is 9.59 Å². The molecule has 1 aliphatic rings. The first-order valence-electron chi connectivity index (χ1n) is 9.42. The van der Waals surface area contributed by atoms with Gasteiger partial charge in [-0.05, 0) is 62.4 Å². The van der Waals surface area contributed by atoms with E-state index in [4.69, 9.17) is 9.72 Å². The summed E-state index contributed by atoms with van der Waals surface area (Å²) in [6.45, 7) is 1.58. The van der Waals surface area contributed by atoms with Gasteiger partial charge in [-0.15, -0.1) is 11.3 Å². The van der Waals surface area contributed by atoms with Crippen LogP contribution in [0.25, 0.3) is 15.9 Å². The van der Waals surface area contributed by atoms with Gasteiger partial charge in [-0.3, -0.25) is 14.2 Å². The van der Waals surface area contributed by atoms with Crippen molar-refractivity contribution in [1.82, 2.24) is 9.55 Å². The highest BCUT2D eigenvalue weighted by Crippen LogP contribution is 2.35. The molecule has 0 saturated heterocycles. The van der Waals surface area contributed by atoms with Crippen molar-refractivity contribution in [3.8, 4) is 11.4 Å². The Morgan fingerprint density at radius 2 is 2.00 bits per heavy atom. The molecule has 0 amide bonds. The summed E-state index contributed by atoms with van der Waals surface area (Å²) in [7, 11) is 1.62. The molecule has 0 fully saturated rings. The van der Waals surface area contributed by atoms with Gasteiger partial charge in [0.05, 0.1) is 18.2 Å². The van der Waals surface area contributed by atoms with Gasteiger partial charge in [0.25, 0.3) is 5.56 Å². The molecule has 0 unspecified atom stereocenters. The first-order chi connectivity index (χ1) is 13.6. The average molecular weight is 415 g/mol. The zero-order valence-electron chi connectivity index (χ0n) is 16.0.